The first-order valence-corrected chi connectivity index (χ1v) is 21.1. The molecule has 6 aliphatic rings. The van der Waals surface area contributed by atoms with Crippen LogP contribution < -0.4 is 0 Å². The van der Waals surface area contributed by atoms with Crippen molar-refractivity contribution >= 4 is 0 Å². The van der Waals surface area contributed by atoms with Gasteiger partial charge in [0.1, 0.15) is 146 Å². The van der Waals surface area contributed by atoms with Gasteiger partial charge in [-0.1, -0.05) is 0 Å². The van der Waals surface area contributed by atoms with Crippen LogP contribution in [0.1, 0.15) is 0 Å². The zero-order valence-electron chi connectivity index (χ0n) is 35.0. The molecule has 6 heterocycles. The van der Waals surface area contributed by atoms with E-state index in [0.717, 1.165) is 0 Å². The third-order valence-electron chi connectivity index (χ3n) is 12.4. The van der Waals surface area contributed by atoms with Crippen LogP contribution in [0.4, 0.5) is 0 Å². The molecule has 392 valence electrons. The second-order valence-electron chi connectivity index (χ2n) is 16.8. The molecule has 6 fully saturated rings. The first-order valence-electron chi connectivity index (χ1n) is 21.1. The van der Waals surface area contributed by atoms with Gasteiger partial charge in [-0.25, -0.2) is 0 Å². The lowest BCUT2D eigenvalue weighted by atomic mass is 9.96. The van der Waals surface area contributed by atoms with E-state index in [0.29, 0.717) is 0 Å². The Bertz CT molecular complexity index is 1500. The summed E-state index contributed by atoms with van der Waals surface area (Å²) in [6.07, 6.45) is -57.5. The smallest absolute Gasteiger partial charge is 0.187 e. The highest BCUT2D eigenvalue weighted by Gasteiger charge is 2.56. The molecular weight excluding hydrogens is 928 g/mol. The van der Waals surface area contributed by atoms with Crippen molar-refractivity contribution in [2.75, 3.05) is 39.6 Å². The second-order valence-corrected chi connectivity index (χ2v) is 16.8. The van der Waals surface area contributed by atoms with Crippen LogP contribution in [0.3, 0.4) is 0 Å². The maximum absolute atomic E-state index is 11.5. The van der Waals surface area contributed by atoms with Crippen molar-refractivity contribution in [3.8, 4) is 0 Å². The van der Waals surface area contributed by atoms with Crippen molar-refractivity contribution in [2.24, 2.45) is 0 Å². The molecule has 0 amide bonds. The Morgan fingerprint density at radius 3 is 1.01 bits per heavy atom. The van der Waals surface area contributed by atoms with Gasteiger partial charge in [-0.15, -0.1) is 0 Å². The molecule has 0 spiro atoms. The second kappa shape index (κ2) is 23.5. The van der Waals surface area contributed by atoms with Crippen LogP contribution in [-0.2, 0) is 52.1 Å². The molecule has 31 nitrogen and oxygen atoms in total. The molecule has 30 atom stereocenters. The Hall–Kier alpha value is -1.24. The van der Waals surface area contributed by atoms with E-state index in [1.165, 1.54) is 0 Å². The minimum absolute atomic E-state index is 0.836. The minimum Gasteiger partial charge on any atom is -0.394 e. The molecule has 6 rings (SSSR count). The van der Waals surface area contributed by atoms with E-state index < -0.39 is 224 Å². The maximum atomic E-state index is 11.5. The molecule has 6 saturated heterocycles. The van der Waals surface area contributed by atoms with Gasteiger partial charge in [0.25, 0.3) is 0 Å². The van der Waals surface area contributed by atoms with Crippen LogP contribution in [0.2, 0.25) is 0 Å². The van der Waals surface area contributed by atoms with Crippen molar-refractivity contribution < 1.29 is 154 Å². The van der Waals surface area contributed by atoms with E-state index in [-0.39, 0.29) is 0 Å². The van der Waals surface area contributed by atoms with Gasteiger partial charge in [-0.05, 0) is 0 Å². The quantitative estimate of drug-likeness (QED) is 0.0683. The normalized spacial score (nSPS) is 53.4. The SMILES string of the molecule is OC[C@H]1O[C@H](O[C@@H]2[C@H](O)[C@@H](OC[C@H]3O[C@@H](O)[C@@H](O)[C@@H](O[C@H]4O[C@H](CO)[C@@H](O)[C@H](O)[C@@H]4O[C@H]4O[C@H](CO)[C@@H](O)[C@H](O)[C@@H]4O)[C@@H]3O)O[C@H](CO[C@H]3O[C@H](CO)[C@@H](O)[C@H](O)[C@H]3O)[C@H]2O)[C@@H](O)[C@@H](O)[C@@H]1O. The third-order valence-corrected chi connectivity index (χ3v) is 12.4. The Morgan fingerprint density at radius 1 is 0.254 bits per heavy atom. The van der Waals surface area contributed by atoms with Gasteiger partial charge >= 0.3 is 0 Å². The van der Waals surface area contributed by atoms with Crippen molar-refractivity contribution in [1.29, 1.82) is 0 Å². The van der Waals surface area contributed by atoms with E-state index in [1.54, 1.807) is 0 Å². The molecule has 0 aromatic rings. The first kappa shape index (κ1) is 55.1. The fraction of sp³-hybridized carbons (Fsp3) is 1.00. The van der Waals surface area contributed by atoms with Gasteiger partial charge < -0.3 is 154 Å². The highest BCUT2D eigenvalue weighted by Crippen LogP contribution is 2.35. The lowest BCUT2D eigenvalue weighted by Gasteiger charge is -2.48. The molecular formula is C36H62O31. The monoisotopic (exact) mass is 990 g/mol. The topological polar surface area (TPSA) is 506 Å². The zero-order valence-corrected chi connectivity index (χ0v) is 35.0. The van der Waals surface area contributed by atoms with Gasteiger partial charge in [-0.3, -0.25) is 0 Å². The molecule has 0 aromatic carbocycles. The van der Waals surface area contributed by atoms with Crippen molar-refractivity contribution in [2.45, 2.75) is 184 Å². The molecule has 0 radical (unpaired) electrons. The van der Waals surface area contributed by atoms with Crippen LogP contribution in [0.15, 0.2) is 0 Å². The fourth-order valence-electron chi connectivity index (χ4n) is 8.27. The van der Waals surface area contributed by atoms with Gasteiger partial charge in [0, 0.05) is 0 Å². The summed E-state index contributed by atoms with van der Waals surface area (Å²) in [4.78, 5) is 0. The lowest BCUT2D eigenvalue weighted by Crippen LogP contribution is -2.67. The number of aliphatic hydroxyl groups excluding tert-OH is 20. The molecule has 0 unspecified atom stereocenters. The summed E-state index contributed by atoms with van der Waals surface area (Å²) in [5.41, 5.74) is 0. The van der Waals surface area contributed by atoms with Crippen LogP contribution in [0.25, 0.3) is 0 Å². The Balaban J connectivity index is 1.19. The van der Waals surface area contributed by atoms with E-state index in [1.807, 2.05) is 0 Å². The molecule has 0 saturated carbocycles. The van der Waals surface area contributed by atoms with Gasteiger partial charge in [0.05, 0.1) is 39.6 Å². The van der Waals surface area contributed by atoms with E-state index in [4.69, 9.17) is 52.1 Å². The largest absolute Gasteiger partial charge is 0.394 e. The lowest BCUT2D eigenvalue weighted by molar-refractivity contribution is -0.390. The molecule has 31 heteroatoms. The average molecular weight is 991 g/mol. The number of hydrogen-bond donors (Lipinski definition) is 20. The summed E-state index contributed by atoms with van der Waals surface area (Å²) in [5.74, 6) is 0. The van der Waals surface area contributed by atoms with E-state index >= 15 is 0 Å². The number of aliphatic hydroxyl groups is 20. The summed E-state index contributed by atoms with van der Waals surface area (Å²) in [6, 6.07) is 0. The third kappa shape index (κ3) is 11.5. The highest BCUT2D eigenvalue weighted by molar-refractivity contribution is 4.98. The molecule has 20 N–H and O–H groups in total. The van der Waals surface area contributed by atoms with Gasteiger partial charge in [0.2, 0.25) is 0 Å². The Morgan fingerprint density at radius 2 is 0.567 bits per heavy atom. The summed E-state index contributed by atoms with van der Waals surface area (Å²) in [6.45, 7) is -5.36. The van der Waals surface area contributed by atoms with Crippen molar-refractivity contribution in [1.82, 2.24) is 0 Å². The molecule has 0 aromatic heterocycles. The number of rotatable bonds is 16. The zero-order chi connectivity index (χ0) is 49.3. The molecule has 0 bridgehead atoms. The van der Waals surface area contributed by atoms with Gasteiger partial charge in [-0.2, -0.15) is 0 Å². The van der Waals surface area contributed by atoms with Crippen LogP contribution >= 0.6 is 0 Å². The maximum Gasteiger partial charge on any atom is 0.187 e. The predicted molar refractivity (Wildman–Crippen MR) is 199 cm³/mol. The van der Waals surface area contributed by atoms with E-state index in [2.05, 4.69) is 0 Å². The summed E-state index contributed by atoms with van der Waals surface area (Å²) >= 11 is 0. The first-order chi connectivity index (χ1) is 31.7. The summed E-state index contributed by atoms with van der Waals surface area (Å²) in [5, 5.41) is 210. The number of ether oxygens (including phenoxy) is 11. The van der Waals surface area contributed by atoms with Gasteiger partial charge in [0.15, 0.2) is 37.7 Å². The Kier molecular flexibility index (Phi) is 19.4. The fourth-order valence-corrected chi connectivity index (χ4v) is 8.27. The number of hydrogen-bond acceptors (Lipinski definition) is 31. The highest BCUT2D eigenvalue weighted by atomic mass is 16.8. The standard InChI is InChI=1S/C36H62O31/c37-1-7-13(41)19(47)23(51)32(60-7)57-6-12-18(46)29(65-34-24(52)20(48)14(42)8(2-38)61-34)27(55)33(64-12)58-5-11-17(45)28(26(54)31(56)59-11)66-36-30(22(50)16(44)10(4-40)63-36)67-35-25(53)21(49)15(43)9(3-39)62-35/h7-56H,1-6H2/t7-,8-,9-,10-,11-,12-,13-,14-,15-,16-,17-,18-,19+,20+,21+,22+,23-,24+,25+,26+,27+,28+,29+,30+,31-,32+,33+,34-,35-,36-/m1/s1. The summed E-state index contributed by atoms with van der Waals surface area (Å²) in [7, 11) is 0. The molecule has 67 heavy (non-hydrogen) atoms. The predicted octanol–water partition coefficient (Wildman–Crippen LogP) is -14.1. The Labute approximate surface area is 378 Å². The van der Waals surface area contributed by atoms with Crippen molar-refractivity contribution in [3.05, 3.63) is 0 Å². The molecule has 6 aliphatic heterocycles. The van der Waals surface area contributed by atoms with Crippen molar-refractivity contribution in [3.63, 3.8) is 0 Å². The average Bonchev–Trinajstić information content (AvgIpc) is 3.31. The molecule has 0 aliphatic carbocycles. The van der Waals surface area contributed by atoms with E-state index in [9.17, 15) is 102 Å². The van der Waals surface area contributed by atoms with Crippen LogP contribution in [0.5, 0.6) is 0 Å². The van der Waals surface area contributed by atoms with Crippen LogP contribution in [0, 0.1) is 0 Å². The minimum atomic E-state index is -2.24. The summed E-state index contributed by atoms with van der Waals surface area (Å²) < 4.78 is 60.8. The van der Waals surface area contributed by atoms with Crippen LogP contribution in [-0.4, -0.2) is 326 Å².